The molecular formula is C19H25F2N3O2. The van der Waals surface area contributed by atoms with Crippen LogP contribution in [-0.4, -0.2) is 60.4 Å². The van der Waals surface area contributed by atoms with Crippen molar-refractivity contribution in [1.82, 2.24) is 15.1 Å². The van der Waals surface area contributed by atoms with Gasteiger partial charge in [0.05, 0.1) is 5.56 Å². The van der Waals surface area contributed by atoms with Gasteiger partial charge in [0.25, 0.3) is 5.91 Å². The number of halogens is 2. The number of nitrogens with zero attached hydrogens (tertiary/aromatic N) is 2. The van der Waals surface area contributed by atoms with Gasteiger partial charge >= 0.3 is 0 Å². The molecule has 1 aromatic carbocycles. The Morgan fingerprint density at radius 2 is 1.96 bits per heavy atom. The van der Waals surface area contributed by atoms with Crippen molar-refractivity contribution in [2.24, 2.45) is 0 Å². The van der Waals surface area contributed by atoms with Crippen molar-refractivity contribution in [1.29, 1.82) is 0 Å². The van der Waals surface area contributed by atoms with Crippen molar-refractivity contribution < 1.29 is 18.4 Å². The minimum absolute atomic E-state index is 0.112. The van der Waals surface area contributed by atoms with Crippen molar-refractivity contribution in [3.05, 3.63) is 35.4 Å². The van der Waals surface area contributed by atoms with Gasteiger partial charge < -0.3 is 10.2 Å². The molecule has 26 heavy (non-hydrogen) atoms. The molecule has 2 saturated heterocycles. The van der Waals surface area contributed by atoms with E-state index >= 15 is 0 Å². The summed E-state index contributed by atoms with van der Waals surface area (Å²) in [6.07, 6.45) is 4.22. The average molecular weight is 365 g/mol. The molecule has 0 unspecified atom stereocenters. The molecule has 5 nitrogen and oxygen atoms in total. The number of hydrogen-bond acceptors (Lipinski definition) is 3. The van der Waals surface area contributed by atoms with E-state index in [-0.39, 0.29) is 18.0 Å². The zero-order valence-corrected chi connectivity index (χ0v) is 14.8. The summed E-state index contributed by atoms with van der Waals surface area (Å²) in [5, 5.41) is 2.59. The number of amides is 2. The Morgan fingerprint density at radius 3 is 2.77 bits per heavy atom. The van der Waals surface area contributed by atoms with E-state index in [2.05, 4.69) is 10.2 Å². The molecule has 0 saturated carbocycles. The van der Waals surface area contributed by atoms with Crippen LogP contribution in [0.15, 0.2) is 18.2 Å². The zero-order chi connectivity index (χ0) is 18.5. The van der Waals surface area contributed by atoms with Gasteiger partial charge in [-0.2, -0.15) is 0 Å². The molecule has 2 aliphatic rings. The number of carbonyl (C=O) groups is 2. The Hall–Kier alpha value is -2.02. The Morgan fingerprint density at radius 1 is 1.15 bits per heavy atom. The number of nitrogens with one attached hydrogen (secondary N) is 1. The second kappa shape index (κ2) is 8.58. The zero-order valence-electron chi connectivity index (χ0n) is 14.8. The number of hydrogen-bond donors (Lipinski definition) is 1. The lowest BCUT2D eigenvalue weighted by atomic mass is 10.2. The van der Waals surface area contributed by atoms with Gasteiger partial charge in [0.2, 0.25) is 5.91 Å². The molecule has 0 spiro atoms. The van der Waals surface area contributed by atoms with E-state index in [1.807, 2.05) is 4.90 Å². The van der Waals surface area contributed by atoms with Gasteiger partial charge in [0, 0.05) is 44.7 Å². The van der Waals surface area contributed by atoms with Gasteiger partial charge in [-0.25, -0.2) is 8.78 Å². The lowest BCUT2D eigenvalue weighted by Crippen LogP contribution is -2.39. The van der Waals surface area contributed by atoms with Crippen LogP contribution in [0.3, 0.4) is 0 Å². The molecule has 7 heteroatoms. The highest BCUT2D eigenvalue weighted by Crippen LogP contribution is 2.21. The highest BCUT2D eigenvalue weighted by molar-refractivity contribution is 5.94. The van der Waals surface area contributed by atoms with E-state index in [9.17, 15) is 18.4 Å². The highest BCUT2D eigenvalue weighted by Gasteiger charge is 2.30. The Kier molecular flexibility index (Phi) is 6.19. The quantitative estimate of drug-likeness (QED) is 0.814. The maximum Gasteiger partial charge on any atom is 0.254 e. The summed E-state index contributed by atoms with van der Waals surface area (Å²) in [4.78, 5) is 28.8. The fraction of sp³-hybridized carbons (Fsp3) is 0.579. The van der Waals surface area contributed by atoms with Crippen molar-refractivity contribution >= 4 is 11.8 Å². The van der Waals surface area contributed by atoms with E-state index in [1.165, 1.54) is 6.42 Å². The topological polar surface area (TPSA) is 52.7 Å². The van der Waals surface area contributed by atoms with Crippen molar-refractivity contribution in [2.75, 3.05) is 32.7 Å². The molecule has 0 radical (unpaired) electrons. The van der Waals surface area contributed by atoms with Crippen LogP contribution in [0.5, 0.6) is 0 Å². The fourth-order valence-electron chi connectivity index (χ4n) is 3.80. The molecule has 0 bridgehead atoms. The van der Waals surface area contributed by atoms with Crippen LogP contribution in [-0.2, 0) is 4.79 Å². The minimum Gasteiger partial charge on any atom is -0.352 e. The van der Waals surface area contributed by atoms with E-state index < -0.39 is 17.5 Å². The van der Waals surface area contributed by atoms with Crippen LogP contribution in [0.2, 0.25) is 0 Å². The Labute approximate surface area is 152 Å². The lowest BCUT2D eigenvalue weighted by molar-refractivity contribution is -0.131. The second-order valence-electron chi connectivity index (χ2n) is 7.01. The maximum absolute atomic E-state index is 13.6. The maximum atomic E-state index is 13.6. The van der Waals surface area contributed by atoms with Crippen LogP contribution in [0.1, 0.15) is 42.5 Å². The van der Waals surface area contributed by atoms with Crippen LogP contribution in [0.4, 0.5) is 8.78 Å². The molecule has 1 N–H and O–H groups in total. The fourth-order valence-corrected chi connectivity index (χ4v) is 3.80. The first kappa shape index (κ1) is 18.8. The first-order chi connectivity index (χ1) is 12.5. The summed E-state index contributed by atoms with van der Waals surface area (Å²) >= 11 is 0. The third kappa shape index (κ3) is 4.58. The van der Waals surface area contributed by atoms with Crippen molar-refractivity contribution in [3.63, 3.8) is 0 Å². The lowest BCUT2D eigenvalue weighted by Gasteiger charge is -2.25. The van der Waals surface area contributed by atoms with Gasteiger partial charge in [0.15, 0.2) is 0 Å². The van der Waals surface area contributed by atoms with E-state index in [1.54, 1.807) is 0 Å². The third-order valence-corrected chi connectivity index (χ3v) is 5.19. The number of fused-ring (bicyclic) bond motifs is 1. The van der Waals surface area contributed by atoms with Crippen LogP contribution >= 0.6 is 0 Å². The molecular weight excluding hydrogens is 340 g/mol. The second-order valence-corrected chi connectivity index (χ2v) is 7.01. The van der Waals surface area contributed by atoms with Crippen LogP contribution < -0.4 is 5.32 Å². The monoisotopic (exact) mass is 365 g/mol. The van der Waals surface area contributed by atoms with Gasteiger partial charge in [-0.05, 0) is 44.4 Å². The standard InChI is InChI=1S/C19H25F2N3O2/c20-14-6-7-16(17(21)12-14)19(26)22-8-1-5-18(25)24-11-3-10-23-9-2-4-15(23)13-24/h6-7,12,15H,1-5,8-11,13H2,(H,22,26)/t15-/m1/s1. The van der Waals surface area contributed by atoms with Crippen molar-refractivity contribution in [3.8, 4) is 0 Å². The van der Waals surface area contributed by atoms with Gasteiger partial charge in [0.1, 0.15) is 11.6 Å². The molecule has 0 aliphatic carbocycles. The largest absolute Gasteiger partial charge is 0.352 e. The van der Waals surface area contributed by atoms with E-state index in [0.717, 1.165) is 51.2 Å². The Balaban J connectivity index is 1.41. The average Bonchev–Trinajstić information content (AvgIpc) is 2.95. The summed E-state index contributed by atoms with van der Waals surface area (Å²) in [5.74, 6) is -2.08. The molecule has 2 aliphatic heterocycles. The van der Waals surface area contributed by atoms with Crippen LogP contribution in [0.25, 0.3) is 0 Å². The number of carbonyl (C=O) groups excluding carboxylic acids is 2. The first-order valence-corrected chi connectivity index (χ1v) is 9.29. The predicted octanol–water partition coefficient (Wildman–Crippen LogP) is 2.17. The molecule has 2 amide bonds. The summed E-state index contributed by atoms with van der Waals surface area (Å²) < 4.78 is 26.4. The summed E-state index contributed by atoms with van der Waals surface area (Å²) in [6.45, 7) is 4.07. The van der Waals surface area contributed by atoms with E-state index in [4.69, 9.17) is 0 Å². The SMILES string of the molecule is O=C(NCCCC(=O)N1CCCN2CCC[C@@H]2C1)c1ccc(F)cc1F. The molecule has 2 heterocycles. The van der Waals surface area contributed by atoms with Gasteiger partial charge in [-0.3, -0.25) is 14.5 Å². The molecule has 3 rings (SSSR count). The Bertz CT molecular complexity index is 668. The molecule has 142 valence electrons. The van der Waals surface area contributed by atoms with Gasteiger partial charge in [-0.1, -0.05) is 0 Å². The summed E-state index contributed by atoms with van der Waals surface area (Å²) in [7, 11) is 0. The van der Waals surface area contributed by atoms with Crippen LogP contribution in [0, 0.1) is 11.6 Å². The highest BCUT2D eigenvalue weighted by atomic mass is 19.1. The number of benzene rings is 1. The molecule has 0 aromatic heterocycles. The molecule has 2 fully saturated rings. The third-order valence-electron chi connectivity index (χ3n) is 5.19. The molecule has 1 atom stereocenters. The normalized spacial score (nSPS) is 20.5. The van der Waals surface area contributed by atoms with Crippen molar-refractivity contribution in [2.45, 2.75) is 38.1 Å². The molecule has 1 aromatic rings. The summed E-state index contributed by atoms with van der Waals surface area (Å²) in [5.41, 5.74) is -0.188. The minimum atomic E-state index is -0.885. The predicted molar refractivity (Wildman–Crippen MR) is 93.7 cm³/mol. The smallest absolute Gasteiger partial charge is 0.254 e. The number of rotatable bonds is 5. The van der Waals surface area contributed by atoms with Gasteiger partial charge in [-0.15, -0.1) is 0 Å². The first-order valence-electron chi connectivity index (χ1n) is 9.29. The summed E-state index contributed by atoms with van der Waals surface area (Å²) in [6, 6.07) is 3.34. The van der Waals surface area contributed by atoms with E-state index in [0.29, 0.717) is 24.9 Å².